The van der Waals surface area contributed by atoms with Gasteiger partial charge in [-0.25, -0.2) is 9.48 Å². The Morgan fingerprint density at radius 2 is 2.10 bits per heavy atom. The fourth-order valence-electron chi connectivity index (χ4n) is 2.18. The minimum absolute atomic E-state index is 0.0469. The molecule has 0 saturated heterocycles. The summed E-state index contributed by atoms with van der Waals surface area (Å²) in [4.78, 5) is 23.4. The first-order valence-electron chi connectivity index (χ1n) is 6.76. The standard InChI is InChI=1S/C15H15N3O3/c1-9-7-8-18(17-9)13-11(15(20)21)3-2-4-12(13)16-14(19)10-5-6-10/h2-4,7-8,10H,5-6H2,1H3,(H,16,19)(H,20,21). The fraction of sp³-hybridized carbons (Fsp3) is 0.267. The lowest BCUT2D eigenvalue weighted by Gasteiger charge is -2.13. The van der Waals surface area contributed by atoms with Crippen molar-refractivity contribution in [2.24, 2.45) is 5.92 Å². The van der Waals surface area contributed by atoms with E-state index < -0.39 is 5.97 Å². The molecule has 1 aromatic carbocycles. The molecule has 1 heterocycles. The average molecular weight is 285 g/mol. The van der Waals surface area contributed by atoms with Gasteiger partial charge in [0.2, 0.25) is 5.91 Å². The number of nitrogens with one attached hydrogen (secondary N) is 1. The molecule has 3 rings (SSSR count). The number of carboxylic acids is 1. The molecule has 0 bridgehead atoms. The minimum Gasteiger partial charge on any atom is -0.478 e. The number of nitrogens with zero attached hydrogens (tertiary/aromatic N) is 2. The van der Waals surface area contributed by atoms with Crippen molar-refractivity contribution in [2.45, 2.75) is 19.8 Å². The quantitative estimate of drug-likeness (QED) is 0.902. The molecule has 6 heteroatoms. The van der Waals surface area contributed by atoms with Gasteiger partial charge in [-0.1, -0.05) is 6.07 Å². The molecule has 0 atom stereocenters. The largest absolute Gasteiger partial charge is 0.478 e. The minimum atomic E-state index is -1.05. The van der Waals surface area contributed by atoms with Gasteiger partial charge >= 0.3 is 5.97 Å². The van der Waals surface area contributed by atoms with Crippen LogP contribution in [-0.2, 0) is 4.79 Å². The van der Waals surface area contributed by atoms with Crippen molar-refractivity contribution in [1.29, 1.82) is 0 Å². The van der Waals surface area contributed by atoms with Crippen LogP contribution in [0.2, 0.25) is 0 Å². The molecule has 1 aliphatic rings. The smallest absolute Gasteiger partial charge is 0.337 e. The topological polar surface area (TPSA) is 84.2 Å². The van der Waals surface area contributed by atoms with Gasteiger partial charge in [-0.05, 0) is 38.0 Å². The number of para-hydroxylation sites is 1. The molecule has 2 N–H and O–H groups in total. The number of aromatic carboxylic acids is 1. The van der Waals surface area contributed by atoms with Gasteiger partial charge in [-0.2, -0.15) is 5.10 Å². The summed E-state index contributed by atoms with van der Waals surface area (Å²) < 4.78 is 1.49. The van der Waals surface area contributed by atoms with Crippen LogP contribution in [0.25, 0.3) is 5.69 Å². The van der Waals surface area contributed by atoms with Gasteiger partial charge in [0.1, 0.15) is 5.69 Å². The van der Waals surface area contributed by atoms with E-state index in [0.717, 1.165) is 18.5 Å². The van der Waals surface area contributed by atoms with Gasteiger partial charge in [-0.15, -0.1) is 0 Å². The second kappa shape index (κ2) is 5.05. The Labute approximate surface area is 121 Å². The molecule has 1 aliphatic carbocycles. The van der Waals surface area contributed by atoms with E-state index in [0.29, 0.717) is 11.4 Å². The van der Waals surface area contributed by atoms with Gasteiger partial charge in [0.15, 0.2) is 0 Å². The van der Waals surface area contributed by atoms with E-state index in [2.05, 4.69) is 10.4 Å². The van der Waals surface area contributed by atoms with Crippen molar-refractivity contribution in [1.82, 2.24) is 9.78 Å². The first-order valence-corrected chi connectivity index (χ1v) is 6.76. The van der Waals surface area contributed by atoms with E-state index in [1.54, 1.807) is 24.4 Å². The van der Waals surface area contributed by atoms with Crippen LogP contribution in [0.4, 0.5) is 5.69 Å². The van der Waals surface area contributed by atoms with Crippen LogP contribution in [0.1, 0.15) is 28.9 Å². The molecule has 1 fully saturated rings. The molecular weight excluding hydrogens is 270 g/mol. The van der Waals surface area contributed by atoms with E-state index in [9.17, 15) is 14.7 Å². The van der Waals surface area contributed by atoms with Crippen molar-refractivity contribution in [3.63, 3.8) is 0 Å². The first-order chi connectivity index (χ1) is 10.1. The molecule has 108 valence electrons. The normalized spacial score (nSPS) is 14.0. The molecule has 1 saturated carbocycles. The molecule has 2 aromatic rings. The number of amides is 1. The van der Waals surface area contributed by atoms with Crippen molar-refractivity contribution >= 4 is 17.6 Å². The Morgan fingerprint density at radius 1 is 1.33 bits per heavy atom. The van der Waals surface area contributed by atoms with Crippen molar-refractivity contribution < 1.29 is 14.7 Å². The van der Waals surface area contributed by atoms with Crippen molar-refractivity contribution in [3.8, 4) is 5.69 Å². The Morgan fingerprint density at radius 3 is 2.67 bits per heavy atom. The fourth-order valence-corrected chi connectivity index (χ4v) is 2.18. The van der Waals surface area contributed by atoms with E-state index in [1.165, 1.54) is 10.7 Å². The third kappa shape index (κ3) is 2.65. The zero-order valence-electron chi connectivity index (χ0n) is 11.5. The van der Waals surface area contributed by atoms with E-state index in [-0.39, 0.29) is 17.4 Å². The van der Waals surface area contributed by atoms with Gasteiger partial charge in [0.25, 0.3) is 0 Å². The van der Waals surface area contributed by atoms with Gasteiger partial charge in [-0.3, -0.25) is 4.79 Å². The monoisotopic (exact) mass is 285 g/mol. The Bertz CT molecular complexity index is 717. The predicted molar refractivity (Wildman–Crippen MR) is 76.6 cm³/mol. The molecule has 0 unspecified atom stereocenters. The number of hydrogen-bond acceptors (Lipinski definition) is 3. The number of hydrogen-bond donors (Lipinski definition) is 2. The number of carboxylic acid groups (broad SMARTS) is 1. The van der Waals surface area contributed by atoms with Crippen LogP contribution >= 0.6 is 0 Å². The molecule has 21 heavy (non-hydrogen) atoms. The molecule has 1 aromatic heterocycles. The third-order valence-corrected chi connectivity index (χ3v) is 3.42. The lowest BCUT2D eigenvalue weighted by Crippen LogP contribution is -2.17. The maximum Gasteiger partial charge on any atom is 0.337 e. The zero-order valence-corrected chi connectivity index (χ0v) is 11.5. The van der Waals surface area contributed by atoms with Crippen LogP contribution in [0.3, 0.4) is 0 Å². The van der Waals surface area contributed by atoms with E-state index >= 15 is 0 Å². The summed E-state index contributed by atoms with van der Waals surface area (Å²) in [6.07, 6.45) is 3.46. The third-order valence-electron chi connectivity index (χ3n) is 3.42. The van der Waals surface area contributed by atoms with Crippen LogP contribution in [0.15, 0.2) is 30.5 Å². The van der Waals surface area contributed by atoms with Crippen LogP contribution in [0.5, 0.6) is 0 Å². The summed E-state index contributed by atoms with van der Waals surface area (Å²) in [5.74, 6) is -1.07. The lowest BCUT2D eigenvalue weighted by atomic mass is 10.1. The van der Waals surface area contributed by atoms with Gasteiger partial charge in [0, 0.05) is 12.1 Å². The highest BCUT2D eigenvalue weighted by molar-refractivity contribution is 6.00. The molecule has 0 spiro atoms. The van der Waals surface area contributed by atoms with Crippen LogP contribution in [-0.4, -0.2) is 26.8 Å². The molecular formula is C15H15N3O3. The summed E-state index contributed by atoms with van der Waals surface area (Å²) in [5.41, 5.74) is 1.73. The van der Waals surface area contributed by atoms with E-state index in [4.69, 9.17) is 0 Å². The van der Waals surface area contributed by atoms with Crippen molar-refractivity contribution in [3.05, 3.63) is 41.7 Å². The predicted octanol–water partition coefficient (Wildman–Crippen LogP) is 2.23. The summed E-state index contributed by atoms with van der Waals surface area (Å²) in [6.45, 7) is 1.82. The SMILES string of the molecule is Cc1ccn(-c2c(NC(=O)C3CC3)cccc2C(=O)O)n1. The van der Waals surface area contributed by atoms with Crippen molar-refractivity contribution in [2.75, 3.05) is 5.32 Å². The highest BCUT2D eigenvalue weighted by atomic mass is 16.4. The van der Waals surface area contributed by atoms with Gasteiger partial charge < -0.3 is 10.4 Å². The number of carbonyl (C=O) groups is 2. The Kier molecular flexibility index (Phi) is 3.21. The van der Waals surface area contributed by atoms with Crippen LogP contribution in [0, 0.1) is 12.8 Å². The highest BCUT2D eigenvalue weighted by Gasteiger charge is 2.30. The Hall–Kier alpha value is -2.63. The molecule has 0 radical (unpaired) electrons. The number of rotatable bonds is 4. The second-order valence-corrected chi connectivity index (χ2v) is 5.17. The molecule has 0 aliphatic heterocycles. The summed E-state index contributed by atoms with van der Waals surface area (Å²) >= 11 is 0. The number of aryl methyl sites for hydroxylation is 1. The maximum absolute atomic E-state index is 12.0. The second-order valence-electron chi connectivity index (χ2n) is 5.17. The number of benzene rings is 1. The maximum atomic E-state index is 12.0. The highest BCUT2D eigenvalue weighted by Crippen LogP contribution is 2.32. The number of anilines is 1. The lowest BCUT2D eigenvalue weighted by molar-refractivity contribution is -0.117. The summed E-state index contributed by atoms with van der Waals surface area (Å²) in [5, 5.41) is 16.4. The molecule has 6 nitrogen and oxygen atoms in total. The van der Waals surface area contributed by atoms with Gasteiger partial charge in [0.05, 0.1) is 16.9 Å². The first kappa shape index (κ1) is 13.4. The summed E-state index contributed by atoms with van der Waals surface area (Å²) in [6, 6.07) is 6.59. The summed E-state index contributed by atoms with van der Waals surface area (Å²) in [7, 11) is 0. The number of carbonyl (C=O) groups excluding carboxylic acids is 1. The van der Waals surface area contributed by atoms with E-state index in [1.807, 2.05) is 6.92 Å². The Balaban J connectivity index is 2.07. The van der Waals surface area contributed by atoms with Crippen LogP contribution < -0.4 is 5.32 Å². The number of aromatic nitrogens is 2. The molecule has 1 amide bonds. The zero-order chi connectivity index (χ0) is 15.0. The average Bonchev–Trinajstić information content (AvgIpc) is 3.21.